The van der Waals surface area contributed by atoms with Crippen molar-refractivity contribution in [1.82, 2.24) is 9.59 Å². The molecule has 82 valence electrons. The Morgan fingerprint density at radius 1 is 1.31 bits per heavy atom. The monoisotopic (exact) mass is 231 g/mol. The molecule has 0 spiro atoms. The van der Waals surface area contributed by atoms with Crippen molar-refractivity contribution >= 4 is 17.2 Å². The summed E-state index contributed by atoms with van der Waals surface area (Å²) in [6, 6.07) is 8.65. The van der Waals surface area contributed by atoms with Crippen LogP contribution in [0.5, 0.6) is 0 Å². The van der Waals surface area contributed by atoms with Crippen LogP contribution >= 0.6 is 11.5 Å². The first-order valence-electron chi connectivity index (χ1n) is 5.52. The lowest BCUT2D eigenvalue weighted by molar-refractivity contribution is 0.682. The van der Waals surface area contributed by atoms with Crippen molar-refractivity contribution < 1.29 is 0 Å². The van der Waals surface area contributed by atoms with E-state index >= 15 is 0 Å². The van der Waals surface area contributed by atoms with Gasteiger partial charge in [0, 0.05) is 17.6 Å². The summed E-state index contributed by atoms with van der Waals surface area (Å²) < 4.78 is 3.91. The van der Waals surface area contributed by atoms with Crippen molar-refractivity contribution in [2.24, 2.45) is 0 Å². The van der Waals surface area contributed by atoms with E-state index in [-0.39, 0.29) is 0 Å². The fourth-order valence-electron chi connectivity index (χ4n) is 2.22. The minimum absolute atomic E-state index is 0.882. The Kier molecular flexibility index (Phi) is 2.58. The van der Waals surface area contributed by atoms with Gasteiger partial charge in [-0.3, -0.25) is 0 Å². The topological polar surface area (TPSA) is 29.0 Å². The van der Waals surface area contributed by atoms with E-state index in [0.29, 0.717) is 0 Å². The quantitative estimate of drug-likeness (QED) is 0.795. The smallest absolute Gasteiger partial charge is 0.0948 e. The van der Waals surface area contributed by atoms with Gasteiger partial charge in [-0.1, -0.05) is 22.7 Å². The van der Waals surface area contributed by atoms with E-state index in [1.165, 1.54) is 35.6 Å². The van der Waals surface area contributed by atoms with Crippen LogP contribution < -0.4 is 4.90 Å². The van der Waals surface area contributed by atoms with E-state index in [1.54, 1.807) is 0 Å². The summed E-state index contributed by atoms with van der Waals surface area (Å²) >= 11 is 1.42. The van der Waals surface area contributed by atoms with Crippen LogP contribution in [0.4, 0.5) is 5.69 Å². The van der Waals surface area contributed by atoms with Gasteiger partial charge in [-0.25, -0.2) is 0 Å². The predicted octanol–water partition coefficient (Wildman–Crippen LogP) is 2.49. The van der Waals surface area contributed by atoms with Crippen molar-refractivity contribution in [3.63, 3.8) is 0 Å². The maximum Gasteiger partial charge on any atom is 0.0948 e. The molecule has 3 nitrogen and oxygen atoms in total. The number of benzene rings is 1. The van der Waals surface area contributed by atoms with Gasteiger partial charge in [0.15, 0.2) is 0 Å². The van der Waals surface area contributed by atoms with Crippen LogP contribution in [-0.4, -0.2) is 16.1 Å². The van der Waals surface area contributed by atoms with Crippen molar-refractivity contribution in [2.45, 2.75) is 19.4 Å². The van der Waals surface area contributed by atoms with Crippen LogP contribution in [0.1, 0.15) is 17.7 Å². The van der Waals surface area contributed by atoms with Crippen LogP contribution in [0.2, 0.25) is 0 Å². The van der Waals surface area contributed by atoms with E-state index in [1.807, 2.05) is 5.38 Å². The molecule has 1 aromatic heterocycles. The van der Waals surface area contributed by atoms with Crippen molar-refractivity contribution in [1.29, 1.82) is 0 Å². The molecule has 0 bridgehead atoms. The minimum atomic E-state index is 0.882. The van der Waals surface area contributed by atoms with Gasteiger partial charge in [0.1, 0.15) is 0 Å². The van der Waals surface area contributed by atoms with Crippen LogP contribution in [0.15, 0.2) is 29.6 Å². The molecule has 0 N–H and O–H groups in total. The summed E-state index contributed by atoms with van der Waals surface area (Å²) in [5.74, 6) is 0. The number of anilines is 1. The van der Waals surface area contributed by atoms with E-state index in [0.717, 1.165) is 18.8 Å². The number of rotatable bonds is 2. The lowest BCUT2D eigenvalue weighted by Gasteiger charge is -2.30. The van der Waals surface area contributed by atoms with Crippen molar-refractivity contribution in [3.8, 4) is 0 Å². The second-order valence-corrected chi connectivity index (χ2v) is 4.66. The summed E-state index contributed by atoms with van der Waals surface area (Å²) in [4.78, 5) is 2.40. The van der Waals surface area contributed by atoms with Crippen LogP contribution in [0, 0.1) is 0 Å². The first kappa shape index (κ1) is 9.78. The average Bonchev–Trinajstić information content (AvgIpc) is 2.82. The highest BCUT2D eigenvalue weighted by atomic mass is 32.1. The molecule has 1 aromatic carbocycles. The Bertz CT molecular complexity index is 467. The van der Waals surface area contributed by atoms with Gasteiger partial charge in [0.05, 0.1) is 12.2 Å². The molecule has 16 heavy (non-hydrogen) atoms. The number of nitrogens with zero attached hydrogens (tertiary/aromatic N) is 3. The Morgan fingerprint density at radius 2 is 2.25 bits per heavy atom. The number of hydrogen-bond acceptors (Lipinski definition) is 4. The number of para-hydroxylation sites is 1. The largest absolute Gasteiger partial charge is 0.365 e. The first-order chi connectivity index (χ1) is 7.93. The number of aryl methyl sites for hydroxylation is 1. The second-order valence-electron chi connectivity index (χ2n) is 4.05. The Labute approximate surface area is 98.9 Å². The fourth-order valence-corrected chi connectivity index (χ4v) is 2.67. The molecule has 0 aliphatic carbocycles. The van der Waals surface area contributed by atoms with Gasteiger partial charge in [-0.15, -0.1) is 5.10 Å². The molecule has 1 aliphatic heterocycles. The van der Waals surface area contributed by atoms with E-state index in [4.69, 9.17) is 0 Å². The average molecular weight is 231 g/mol. The molecule has 4 heteroatoms. The van der Waals surface area contributed by atoms with Gasteiger partial charge in [0.2, 0.25) is 0 Å². The van der Waals surface area contributed by atoms with Crippen LogP contribution in [-0.2, 0) is 13.0 Å². The molecule has 0 radical (unpaired) electrons. The molecular formula is C12H13N3S. The van der Waals surface area contributed by atoms with Gasteiger partial charge < -0.3 is 4.90 Å². The Balaban J connectivity index is 1.87. The molecule has 0 atom stereocenters. The molecule has 2 aromatic rings. The fraction of sp³-hybridized carbons (Fsp3) is 0.333. The van der Waals surface area contributed by atoms with E-state index in [2.05, 4.69) is 38.8 Å². The lowest BCUT2D eigenvalue weighted by Crippen LogP contribution is -2.28. The van der Waals surface area contributed by atoms with Crippen molar-refractivity contribution in [3.05, 3.63) is 40.9 Å². The first-order valence-corrected chi connectivity index (χ1v) is 6.36. The zero-order chi connectivity index (χ0) is 10.8. The minimum Gasteiger partial charge on any atom is -0.365 e. The van der Waals surface area contributed by atoms with E-state index in [9.17, 15) is 0 Å². The standard InChI is InChI=1S/C12H13N3S/c1-2-6-12-10(4-1)5-3-7-15(12)8-11-9-16-14-13-11/h1-2,4,6,9H,3,5,7-8H2. The highest BCUT2D eigenvalue weighted by molar-refractivity contribution is 7.03. The molecule has 2 heterocycles. The third-order valence-electron chi connectivity index (χ3n) is 2.96. The SMILES string of the molecule is c1ccc2c(c1)CCCN2Cc1csnn1. The van der Waals surface area contributed by atoms with E-state index < -0.39 is 0 Å². The summed E-state index contributed by atoms with van der Waals surface area (Å²) in [6.07, 6.45) is 2.43. The van der Waals surface area contributed by atoms with Gasteiger partial charge in [0.25, 0.3) is 0 Å². The number of hydrogen-bond donors (Lipinski definition) is 0. The second kappa shape index (κ2) is 4.22. The maximum atomic E-state index is 4.11. The van der Waals surface area contributed by atoms with Crippen LogP contribution in [0.25, 0.3) is 0 Å². The summed E-state index contributed by atoms with van der Waals surface area (Å²) in [5.41, 5.74) is 3.89. The van der Waals surface area contributed by atoms with Gasteiger partial charge in [-0.05, 0) is 36.0 Å². The Morgan fingerprint density at radius 3 is 3.12 bits per heavy atom. The summed E-state index contributed by atoms with van der Waals surface area (Å²) in [6.45, 7) is 2.00. The van der Waals surface area contributed by atoms with Crippen LogP contribution in [0.3, 0.4) is 0 Å². The normalized spacial score (nSPS) is 14.9. The number of fused-ring (bicyclic) bond motifs is 1. The maximum absolute atomic E-state index is 4.11. The highest BCUT2D eigenvalue weighted by Crippen LogP contribution is 2.27. The lowest BCUT2D eigenvalue weighted by atomic mass is 10.0. The molecule has 3 rings (SSSR count). The Hall–Kier alpha value is -1.42. The summed E-state index contributed by atoms with van der Waals surface area (Å²) in [7, 11) is 0. The molecule has 0 amide bonds. The molecule has 0 unspecified atom stereocenters. The molecular weight excluding hydrogens is 218 g/mol. The van der Waals surface area contributed by atoms with Gasteiger partial charge in [-0.2, -0.15) is 0 Å². The van der Waals surface area contributed by atoms with Crippen molar-refractivity contribution in [2.75, 3.05) is 11.4 Å². The van der Waals surface area contributed by atoms with Gasteiger partial charge >= 0.3 is 0 Å². The molecule has 0 fully saturated rings. The third-order valence-corrected chi connectivity index (χ3v) is 3.52. The highest BCUT2D eigenvalue weighted by Gasteiger charge is 2.16. The zero-order valence-electron chi connectivity index (χ0n) is 8.97. The zero-order valence-corrected chi connectivity index (χ0v) is 9.78. The molecule has 0 saturated carbocycles. The molecule has 0 saturated heterocycles. The predicted molar refractivity (Wildman–Crippen MR) is 65.7 cm³/mol. The third kappa shape index (κ3) is 1.80. The molecule has 1 aliphatic rings. The number of aromatic nitrogens is 2. The summed E-state index contributed by atoms with van der Waals surface area (Å²) in [5, 5.41) is 6.14.